The van der Waals surface area contributed by atoms with Crippen molar-refractivity contribution in [3.63, 3.8) is 0 Å². The minimum absolute atomic E-state index is 0.0325. The topological polar surface area (TPSA) is 45.2 Å². The van der Waals surface area contributed by atoms with Gasteiger partial charge in [0.15, 0.2) is 0 Å². The zero-order valence-electron chi connectivity index (χ0n) is 20.9. The predicted octanol–water partition coefficient (Wildman–Crippen LogP) is 7.18. The molecule has 3 aromatic rings. The Morgan fingerprint density at radius 2 is 1.78 bits per heavy atom. The molecule has 1 aliphatic heterocycles. The third-order valence-electron chi connectivity index (χ3n) is 7.14. The fourth-order valence-corrected chi connectivity index (χ4v) is 5.03. The molecule has 1 atom stereocenters. The lowest BCUT2D eigenvalue weighted by Crippen LogP contribution is -2.44. The van der Waals surface area contributed by atoms with Crippen molar-refractivity contribution in [3.8, 4) is 0 Å². The summed E-state index contributed by atoms with van der Waals surface area (Å²) < 4.78 is 56.3. The quantitative estimate of drug-likeness (QED) is 0.377. The van der Waals surface area contributed by atoms with E-state index < -0.39 is 23.5 Å². The monoisotopic (exact) mass is 501 g/mol. The third-order valence-corrected chi connectivity index (χ3v) is 7.14. The van der Waals surface area contributed by atoms with E-state index in [9.17, 15) is 18.0 Å². The fraction of sp³-hybridized carbons (Fsp3) is 0.429. The van der Waals surface area contributed by atoms with Crippen LogP contribution in [-0.2, 0) is 16.6 Å². The number of carbonyl (C=O) groups is 1. The van der Waals surface area contributed by atoms with E-state index in [1.807, 2.05) is 13.8 Å². The van der Waals surface area contributed by atoms with Gasteiger partial charge in [0.25, 0.3) is 0 Å². The predicted molar refractivity (Wildman–Crippen MR) is 133 cm³/mol. The first-order valence-corrected chi connectivity index (χ1v) is 12.2. The van der Waals surface area contributed by atoms with Gasteiger partial charge in [-0.15, -0.1) is 0 Å². The Morgan fingerprint density at radius 3 is 2.42 bits per heavy atom. The van der Waals surface area contributed by atoms with Gasteiger partial charge in [-0.25, -0.2) is 4.39 Å². The van der Waals surface area contributed by atoms with Gasteiger partial charge in [-0.1, -0.05) is 32.0 Å². The Kier molecular flexibility index (Phi) is 6.99. The van der Waals surface area contributed by atoms with Crippen LogP contribution in [0.25, 0.3) is 10.9 Å². The van der Waals surface area contributed by atoms with Gasteiger partial charge in [-0.3, -0.25) is 9.78 Å². The van der Waals surface area contributed by atoms with Crippen molar-refractivity contribution in [2.45, 2.75) is 58.4 Å². The molecular weight excluding hydrogens is 470 g/mol. The van der Waals surface area contributed by atoms with Crippen molar-refractivity contribution in [2.24, 2.45) is 5.92 Å². The van der Waals surface area contributed by atoms with Crippen LogP contribution in [0.15, 0.2) is 48.7 Å². The van der Waals surface area contributed by atoms with E-state index in [0.29, 0.717) is 40.8 Å². The van der Waals surface area contributed by atoms with Crippen LogP contribution in [-0.4, -0.2) is 28.9 Å². The van der Waals surface area contributed by atoms with Gasteiger partial charge < -0.3 is 10.2 Å². The van der Waals surface area contributed by atoms with E-state index >= 15 is 4.39 Å². The third kappa shape index (κ3) is 5.04. The average molecular weight is 502 g/mol. The first-order valence-electron chi connectivity index (χ1n) is 12.2. The molecule has 8 heteroatoms. The molecule has 1 amide bonds. The van der Waals surface area contributed by atoms with E-state index in [2.05, 4.69) is 10.3 Å². The zero-order valence-corrected chi connectivity index (χ0v) is 20.9. The largest absolute Gasteiger partial charge is 0.416 e. The molecule has 192 valence electrons. The molecule has 1 N–H and O–H groups in total. The molecule has 4 rings (SSSR count). The second-order valence-electron chi connectivity index (χ2n) is 9.92. The lowest BCUT2D eigenvalue weighted by atomic mass is 9.85. The van der Waals surface area contributed by atoms with Crippen LogP contribution in [0.1, 0.15) is 61.9 Å². The van der Waals surface area contributed by atoms with Crippen molar-refractivity contribution in [1.82, 2.24) is 9.88 Å². The second-order valence-corrected chi connectivity index (χ2v) is 9.92. The van der Waals surface area contributed by atoms with E-state index in [0.717, 1.165) is 6.07 Å². The number of aromatic nitrogens is 1. The van der Waals surface area contributed by atoms with Gasteiger partial charge >= 0.3 is 6.18 Å². The van der Waals surface area contributed by atoms with Crippen LogP contribution in [0.4, 0.5) is 23.2 Å². The van der Waals surface area contributed by atoms with Crippen LogP contribution in [0.5, 0.6) is 0 Å². The Bertz CT molecular complexity index is 1260. The van der Waals surface area contributed by atoms with E-state index in [1.54, 1.807) is 48.4 Å². The standard InChI is InChI=1S/C28H31F4N3O/c1-17(2)26(36)35-14-11-27(29,12-15-35)20-8-9-24-22(16-20)25(10-13-33-24)34-19(4)21-6-5-7-23(18(21)3)28(30,31)32/h5-10,13,16-17,19H,11-12,14-15H2,1-4H3,(H,33,34)/t19-/m1/s1. The van der Waals surface area contributed by atoms with Crippen LogP contribution in [0, 0.1) is 12.8 Å². The number of amides is 1. The van der Waals surface area contributed by atoms with Crippen molar-refractivity contribution < 1.29 is 22.4 Å². The molecule has 1 aromatic heterocycles. The van der Waals surface area contributed by atoms with Gasteiger partial charge in [-0.05, 0) is 54.8 Å². The van der Waals surface area contributed by atoms with Gasteiger partial charge in [-0.2, -0.15) is 13.2 Å². The summed E-state index contributed by atoms with van der Waals surface area (Å²) >= 11 is 0. The summed E-state index contributed by atoms with van der Waals surface area (Å²) in [7, 11) is 0. The molecular formula is C28H31F4N3O. The maximum atomic E-state index is 16.1. The van der Waals surface area contributed by atoms with Gasteiger partial charge in [0.2, 0.25) is 5.91 Å². The van der Waals surface area contributed by atoms with E-state index in [1.165, 1.54) is 13.0 Å². The molecule has 1 fully saturated rings. The fourth-order valence-electron chi connectivity index (χ4n) is 5.03. The molecule has 4 nitrogen and oxygen atoms in total. The molecule has 1 aliphatic rings. The second kappa shape index (κ2) is 9.71. The lowest BCUT2D eigenvalue weighted by Gasteiger charge is -2.37. The summed E-state index contributed by atoms with van der Waals surface area (Å²) in [6, 6.07) is 10.8. The lowest BCUT2D eigenvalue weighted by molar-refractivity contribution is -0.138. The minimum Gasteiger partial charge on any atom is -0.378 e. The highest BCUT2D eigenvalue weighted by Gasteiger charge is 2.38. The van der Waals surface area contributed by atoms with E-state index in [4.69, 9.17) is 0 Å². The normalized spacial score (nSPS) is 16.9. The molecule has 0 aliphatic carbocycles. The first-order chi connectivity index (χ1) is 16.9. The zero-order chi connectivity index (χ0) is 26.3. The van der Waals surface area contributed by atoms with Crippen molar-refractivity contribution in [2.75, 3.05) is 18.4 Å². The number of hydrogen-bond donors (Lipinski definition) is 1. The number of likely N-dealkylation sites (tertiary alicyclic amines) is 1. The molecule has 0 spiro atoms. The highest BCUT2D eigenvalue weighted by Crippen LogP contribution is 2.40. The Balaban J connectivity index is 1.62. The number of hydrogen-bond acceptors (Lipinski definition) is 3. The first kappa shape index (κ1) is 25.9. The number of anilines is 1. The minimum atomic E-state index is -4.43. The van der Waals surface area contributed by atoms with Crippen molar-refractivity contribution in [3.05, 3.63) is 70.9 Å². The number of nitrogens with one attached hydrogen (secondary N) is 1. The summed E-state index contributed by atoms with van der Waals surface area (Å²) in [6.45, 7) is 7.67. The molecule has 2 aromatic carbocycles. The number of carbonyl (C=O) groups excluding carboxylic acids is 1. The number of piperidine rings is 1. The van der Waals surface area contributed by atoms with Crippen LogP contribution in [0.3, 0.4) is 0 Å². The molecule has 2 heterocycles. The van der Waals surface area contributed by atoms with Crippen LogP contribution < -0.4 is 5.32 Å². The molecule has 36 heavy (non-hydrogen) atoms. The molecule has 0 bridgehead atoms. The van der Waals surface area contributed by atoms with Gasteiger partial charge in [0, 0.05) is 55.2 Å². The Hall–Kier alpha value is -3.16. The number of nitrogens with zero attached hydrogens (tertiary/aromatic N) is 2. The molecule has 0 radical (unpaired) electrons. The summed E-state index contributed by atoms with van der Waals surface area (Å²) in [5.74, 6) is -0.0925. The Morgan fingerprint density at radius 1 is 1.08 bits per heavy atom. The Labute approximate surface area is 208 Å². The smallest absolute Gasteiger partial charge is 0.378 e. The maximum absolute atomic E-state index is 16.1. The summed E-state index contributed by atoms with van der Waals surface area (Å²) in [6.07, 6.45) is -2.39. The summed E-state index contributed by atoms with van der Waals surface area (Å²) in [5.41, 5.74) is 0.334. The molecule has 0 unspecified atom stereocenters. The highest BCUT2D eigenvalue weighted by atomic mass is 19.4. The SMILES string of the molecule is Cc1c([C@@H](C)Nc2ccnc3ccc(C4(F)CCN(C(=O)C(C)C)CC4)cc23)cccc1C(F)(F)F. The summed E-state index contributed by atoms with van der Waals surface area (Å²) in [5, 5.41) is 4.01. The number of halogens is 4. The number of rotatable bonds is 5. The van der Waals surface area contributed by atoms with Crippen LogP contribution >= 0.6 is 0 Å². The van der Waals surface area contributed by atoms with Gasteiger partial charge in [0.1, 0.15) is 5.67 Å². The molecule has 1 saturated heterocycles. The van der Waals surface area contributed by atoms with Crippen molar-refractivity contribution >= 4 is 22.5 Å². The number of fused-ring (bicyclic) bond motifs is 1. The number of alkyl halides is 4. The average Bonchev–Trinajstić information content (AvgIpc) is 2.83. The van der Waals surface area contributed by atoms with E-state index in [-0.39, 0.29) is 30.2 Å². The van der Waals surface area contributed by atoms with Crippen molar-refractivity contribution in [1.29, 1.82) is 0 Å². The number of benzene rings is 2. The molecule has 0 saturated carbocycles. The summed E-state index contributed by atoms with van der Waals surface area (Å²) in [4.78, 5) is 18.4. The van der Waals surface area contributed by atoms with Gasteiger partial charge in [0.05, 0.1) is 11.1 Å². The number of pyridine rings is 1. The van der Waals surface area contributed by atoms with Crippen LogP contribution in [0.2, 0.25) is 0 Å². The maximum Gasteiger partial charge on any atom is 0.416 e. The highest BCUT2D eigenvalue weighted by molar-refractivity contribution is 5.92.